The lowest BCUT2D eigenvalue weighted by Gasteiger charge is -2.04. The van der Waals surface area contributed by atoms with Gasteiger partial charge in [-0.05, 0) is 25.5 Å². The molecule has 0 saturated carbocycles. The molecule has 1 rings (SSSR count). The third-order valence-corrected chi connectivity index (χ3v) is 4.24. The number of carbonyl (C=O) groups excluding carboxylic acids is 1. The predicted octanol–water partition coefficient (Wildman–Crippen LogP) is 1.53. The molecule has 0 aliphatic carbocycles. The summed E-state index contributed by atoms with van der Waals surface area (Å²) in [6.45, 7) is 1.40. The predicted molar refractivity (Wildman–Crippen MR) is 65.4 cm³/mol. The maximum Gasteiger partial charge on any atom is 0.303 e. The Morgan fingerprint density at radius 3 is 2.17 bits per heavy atom. The zero-order valence-corrected chi connectivity index (χ0v) is 10.7. The van der Waals surface area contributed by atoms with Gasteiger partial charge in [-0.25, -0.2) is 8.42 Å². The van der Waals surface area contributed by atoms with E-state index in [1.165, 1.54) is 31.2 Å². The molecule has 0 radical (unpaired) electrons. The second-order valence-electron chi connectivity index (χ2n) is 3.90. The number of Topliss-reactive ketones (excluding diaryl/α,β-unsaturated/α-hetero) is 1. The number of hydrogen-bond acceptors (Lipinski definition) is 4. The van der Waals surface area contributed by atoms with Crippen molar-refractivity contribution in [2.45, 2.75) is 24.7 Å². The van der Waals surface area contributed by atoms with Gasteiger partial charge >= 0.3 is 5.97 Å². The first-order chi connectivity index (χ1) is 8.33. The fourth-order valence-electron chi connectivity index (χ4n) is 1.43. The molecule has 0 aliphatic heterocycles. The third kappa shape index (κ3) is 3.96. The lowest BCUT2D eigenvalue weighted by Crippen LogP contribution is -2.09. The summed E-state index contributed by atoms with van der Waals surface area (Å²) in [5, 5.41) is 8.45. The van der Waals surface area contributed by atoms with Crippen LogP contribution in [-0.4, -0.2) is 31.0 Å². The van der Waals surface area contributed by atoms with Gasteiger partial charge in [0.1, 0.15) is 0 Å². The summed E-state index contributed by atoms with van der Waals surface area (Å²) in [6, 6.07) is 5.64. The van der Waals surface area contributed by atoms with Crippen molar-refractivity contribution in [3.63, 3.8) is 0 Å². The van der Waals surface area contributed by atoms with Crippen LogP contribution in [0, 0.1) is 0 Å². The van der Waals surface area contributed by atoms with Crippen LogP contribution in [0.15, 0.2) is 29.2 Å². The van der Waals surface area contributed by atoms with Crippen LogP contribution in [0.5, 0.6) is 0 Å². The van der Waals surface area contributed by atoms with Gasteiger partial charge in [-0.3, -0.25) is 9.59 Å². The number of sulfone groups is 1. The maximum absolute atomic E-state index is 11.8. The van der Waals surface area contributed by atoms with Crippen LogP contribution >= 0.6 is 0 Å². The van der Waals surface area contributed by atoms with Crippen molar-refractivity contribution >= 4 is 21.6 Å². The van der Waals surface area contributed by atoms with Crippen molar-refractivity contribution in [2.75, 3.05) is 5.75 Å². The van der Waals surface area contributed by atoms with E-state index in [-0.39, 0.29) is 29.3 Å². The minimum Gasteiger partial charge on any atom is -0.481 e. The number of carboxylic acids is 1. The van der Waals surface area contributed by atoms with Gasteiger partial charge in [-0.2, -0.15) is 0 Å². The van der Waals surface area contributed by atoms with E-state index in [0.717, 1.165) is 0 Å². The van der Waals surface area contributed by atoms with Crippen molar-refractivity contribution in [3.8, 4) is 0 Å². The zero-order valence-electron chi connectivity index (χ0n) is 9.92. The van der Waals surface area contributed by atoms with Crippen LogP contribution in [0.1, 0.15) is 30.1 Å². The van der Waals surface area contributed by atoms with Gasteiger partial charge in [0, 0.05) is 12.0 Å². The minimum absolute atomic E-state index is 0.0755. The minimum atomic E-state index is -3.47. The Hall–Kier alpha value is -1.69. The van der Waals surface area contributed by atoms with Gasteiger partial charge in [0.15, 0.2) is 15.6 Å². The van der Waals surface area contributed by atoms with E-state index in [0.29, 0.717) is 5.56 Å². The van der Waals surface area contributed by atoms with E-state index < -0.39 is 15.8 Å². The van der Waals surface area contributed by atoms with E-state index in [1.54, 1.807) is 0 Å². The number of hydrogen-bond donors (Lipinski definition) is 1. The molecule has 5 nitrogen and oxygen atoms in total. The van der Waals surface area contributed by atoms with E-state index in [4.69, 9.17) is 5.11 Å². The molecular weight excluding hydrogens is 256 g/mol. The van der Waals surface area contributed by atoms with Crippen LogP contribution in [-0.2, 0) is 14.6 Å². The monoisotopic (exact) mass is 270 g/mol. The van der Waals surface area contributed by atoms with E-state index in [2.05, 4.69) is 0 Å². The highest BCUT2D eigenvalue weighted by atomic mass is 32.2. The molecule has 0 fully saturated rings. The molecule has 0 heterocycles. The quantitative estimate of drug-likeness (QED) is 0.792. The molecular formula is C12H14O5S. The van der Waals surface area contributed by atoms with Gasteiger partial charge in [0.2, 0.25) is 0 Å². The number of rotatable bonds is 6. The summed E-state index contributed by atoms with van der Waals surface area (Å²) in [4.78, 5) is 21.5. The summed E-state index contributed by atoms with van der Waals surface area (Å²) in [6.07, 6.45) is -0.100. The molecule has 0 aliphatic rings. The van der Waals surface area contributed by atoms with Crippen molar-refractivity contribution in [2.24, 2.45) is 0 Å². The molecule has 98 valence electrons. The zero-order chi connectivity index (χ0) is 13.8. The third-order valence-electron chi connectivity index (χ3n) is 2.42. The number of carboxylic acid groups (broad SMARTS) is 1. The largest absolute Gasteiger partial charge is 0.481 e. The Balaban J connectivity index is 2.79. The smallest absolute Gasteiger partial charge is 0.303 e. The Morgan fingerprint density at radius 2 is 1.72 bits per heavy atom. The highest BCUT2D eigenvalue weighted by Gasteiger charge is 2.15. The van der Waals surface area contributed by atoms with Gasteiger partial charge in [0.25, 0.3) is 0 Å². The van der Waals surface area contributed by atoms with Gasteiger partial charge < -0.3 is 5.11 Å². The first kappa shape index (κ1) is 14.4. The summed E-state index contributed by atoms with van der Waals surface area (Å²) in [5.74, 6) is -1.36. The molecule has 0 aromatic heterocycles. The van der Waals surface area contributed by atoms with Gasteiger partial charge in [-0.15, -0.1) is 0 Å². The van der Waals surface area contributed by atoms with Crippen LogP contribution in [0.25, 0.3) is 0 Å². The van der Waals surface area contributed by atoms with Crippen molar-refractivity contribution in [1.82, 2.24) is 0 Å². The summed E-state index contributed by atoms with van der Waals surface area (Å²) < 4.78 is 23.6. The topological polar surface area (TPSA) is 88.5 Å². The average molecular weight is 270 g/mol. The Kier molecular flexibility index (Phi) is 4.61. The standard InChI is InChI=1S/C12H14O5S/c1-9(13)10-4-6-11(7-5-10)18(16,17)8-2-3-12(14)15/h4-7H,2-3,8H2,1H3,(H,14,15). The molecule has 1 aromatic rings. The number of aliphatic carboxylic acids is 1. The summed E-state index contributed by atoms with van der Waals surface area (Å²) in [5.41, 5.74) is 0.444. The Morgan fingerprint density at radius 1 is 1.17 bits per heavy atom. The molecule has 1 aromatic carbocycles. The van der Waals surface area contributed by atoms with Crippen LogP contribution in [0.2, 0.25) is 0 Å². The molecule has 1 N–H and O–H groups in total. The van der Waals surface area contributed by atoms with Crippen LogP contribution < -0.4 is 0 Å². The lowest BCUT2D eigenvalue weighted by molar-refractivity contribution is -0.137. The molecule has 18 heavy (non-hydrogen) atoms. The normalized spacial score (nSPS) is 11.2. The molecule has 0 atom stereocenters. The van der Waals surface area contributed by atoms with Crippen molar-refractivity contribution in [1.29, 1.82) is 0 Å². The molecule has 0 bridgehead atoms. The fraction of sp³-hybridized carbons (Fsp3) is 0.333. The van der Waals surface area contributed by atoms with E-state index in [9.17, 15) is 18.0 Å². The average Bonchev–Trinajstić information content (AvgIpc) is 2.28. The second-order valence-corrected chi connectivity index (χ2v) is 6.01. The first-order valence-electron chi connectivity index (χ1n) is 5.38. The molecule has 0 amide bonds. The molecule has 0 saturated heterocycles. The SMILES string of the molecule is CC(=O)c1ccc(S(=O)(=O)CCCC(=O)O)cc1. The van der Waals surface area contributed by atoms with Gasteiger partial charge in [-0.1, -0.05) is 12.1 Å². The lowest BCUT2D eigenvalue weighted by atomic mass is 10.2. The highest BCUT2D eigenvalue weighted by Crippen LogP contribution is 2.14. The molecule has 6 heteroatoms. The fourth-order valence-corrected chi connectivity index (χ4v) is 2.74. The molecule has 0 unspecified atom stereocenters. The number of ketones is 1. The Labute approximate surface area is 105 Å². The van der Waals surface area contributed by atoms with E-state index >= 15 is 0 Å². The highest BCUT2D eigenvalue weighted by molar-refractivity contribution is 7.91. The van der Waals surface area contributed by atoms with Crippen molar-refractivity contribution < 1.29 is 23.1 Å². The maximum atomic E-state index is 11.8. The summed E-state index contributed by atoms with van der Waals surface area (Å²) in [7, 11) is -3.47. The second kappa shape index (κ2) is 5.77. The Bertz CT molecular complexity index is 542. The number of carbonyl (C=O) groups is 2. The van der Waals surface area contributed by atoms with Crippen LogP contribution in [0.4, 0.5) is 0 Å². The number of benzene rings is 1. The summed E-state index contributed by atoms with van der Waals surface area (Å²) >= 11 is 0. The van der Waals surface area contributed by atoms with Gasteiger partial charge in [0.05, 0.1) is 10.6 Å². The first-order valence-corrected chi connectivity index (χ1v) is 7.04. The molecule has 0 spiro atoms. The van der Waals surface area contributed by atoms with Crippen LogP contribution in [0.3, 0.4) is 0 Å². The van der Waals surface area contributed by atoms with Crippen molar-refractivity contribution in [3.05, 3.63) is 29.8 Å². The van der Waals surface area contributed by atoms with E-state index in [1.807, 2.05) is 0 Å².